The minimum absolute atomic E-state index is 0.00975. The molecule has 7 heteroatoms. The fourth-order valence-corrected chi connectivity index (χ4v) is 3.13. The molecule has 0 bridgehead atoms. The maximum Gasteiger partial charge on any atom is 0.249 e. The molecule has 1 aliphatic rings. The summed E-state index contributed by atoms with van der Waals surface area (Å²) in [7, 11) is 1.54. The monoisotopic (exact) mass is 329 g/mol. The number of likely N-dealkylation sites (tertiary alicyclic amines) is 1. The Labute approximate surface area is 141 Å². The number of carbonyl (C=O) groups is 1. The lowest BCUT2D eigenvalue weighted by Gasteiger charge is -2.34. The number of aromatic amines is 1. The molecular weight excluding hydrogens is 306 g/mol. The molecule has 24 heavy (non-hydrogen) atoms. The zero-order chi connectivity index (χ0) is 17.1. The molecule has 1 unspecified atom stereocenters. The molecule has 1 aliphatic heterocycles. The molecule has 1 amide bonds. The molecule has 1 fully saturated rings. The van der Waals surface area contributed by atoms with E-state index in [1.807, 2.05) is 30.9 Å². The third-order valence-corrected chi connectivity index (χ3v) is 4.23. The van der Waals surface area contributed by atoms with Crippen LogP contribution in [0.25, 0.3) is 11.4 Å². The second-order valence-electron chi connectivity index (χ2n) is 6.22. The topological polar surface area (TPSA) is 84.0 Å². The molecule has 1 N–H and O–H groups in total. The number of hydrogen-bond acceptors (Lipinski definition) is 5. The van der Waals surface area contributed by atoms with Gasteiger partial charge in [-0.05, 0) is 45.2 Å². The fourth-order valence-electron chi connectivity index (χ4n) is 3.13. The van der Waals surface area contributed by atoms with Gasteiger partial charge in [-0.1, -0.05) is 0 Å². The second kappa shape index (κ2) is 7.09. The lowest BCUT2D eigenvalue weighted by molar-refractivity contribution is -0.139. The maximum absolute atomic E-state index is 12.4. The summed E-state index contributed by atoms with van der Waals surface area (Å²) in [5, 5.41) is 7.22. The van der Waals surface area contributed by atoms with Crippen LogP contribution in [0.2, 0.25) is 0 Å². The largest absolute Gasteiger partial charge is 0.375 e. The highest BCUT2D eigenvalue weighted by molar-refractivity contribution is 5.78. The molecule has 3 heterocycles. The van der Waals surface area contributed by atoms with Gasteiger partial charge in [0.2, 0.25) is 5.91 Å². The van der Waals surface area contributed by atoms with E-state index in [1.165, 1.54) is 7.11 Å². The lowest BCUT2D eigenvalue weighted by Crippen LogP contribution is -2.41. The van der Waals surface area contributed by atoms with E-state index in [0.717, 1.165) is 48.6 Å². The Morgan fingerprint density at radius 3 is 2.83 bits per heavy atom. The molecule has 0 aromatic carbocycles. The number of nitrogens with one attached hydrogen (secondary N) is 1. The van der Waals surface area contributed by atoms with E-state index >= 15 is 0 Å². The van der Waals surface area contributed by atoms with Crippen molar-refractivity contribution in [1.29, 1.82) is 0 Å². The molecule has 7 nitrogen and oxygen atoms in total. The van der Waals surface area contributed by atoms with E-state index in [4.69, 9.17) is 9.72 Å². The van der Waals surface area contributed by atoms with Crippen LogP contribution in [0.4, 0.5) is 0 Å². The van der Waals surface area contributed by atoms with Crippen LogP contribution in [-0.4, -0.2) is 51.2 Å². The predicted molar refractivity (Wildman–Crippen MR) is 89.3 cm³/mol. The number of piperidine rings is 1. The van der Waals surface area contributed by atoms with Crippen molar-refractivity contribution in [3.8, 4) is 11.4 Å². The zero-order valence-electron chi connectivity index (χ0n) is 14.4. The van der Waals surface area contributed by atoms with Crippen LogP contribution in [0.1, 0.15) is 42.5 Å². The van der Waals surface area contributed by atoms with Gasteiger partial charge in [0.25, 0.3) is 0 Å². The summed E-state index contributed by atoms with van der Waals surface area (Å²) < 4.78 is 5.01. The highest BCUT2D eigenvalue weighted by Gasteiger charge is 2.30. The fraction of sp³-hybridized carbons (Fsp3) is 0.529. The lowest BCUT2D eigenvalue weighted by atomic mass is 10.0. The Hall–Kier alpha value is -2.28. The van der Waals surface area contributed by atoms with Gasteiger partial charge in [-0.3, -0.25) is 9.89 Å². The van der Waals surface area contributed by atoms with Crippen molar-refractivity contribution in [2.45, 2.75) is 39.2 Å². The van der Waals surface area contributed by atoms with Crippen LogP contribution in [0.5, 0.6) is 0 Å². The summed E-state index contributed by atoms with van der Waals surface area (Å²) in [6.07, 6.45) is 2.94. The number of H-pyrrole nitrogens is 1. The number of methoxy groups -OCH3 is 1. The summed E-state index contributed by atoms with van der Waals surface area (Å²) in [5.74, 6) is 0.680. The van der Waals surface area contributed by atoms with E-state index in [9.17, 15) is 4.79 Å². The smallest absolute Gasteiger partial charge is 0.249 e. The quantitative estimate of drug-likeness (QED) is 0.929. The Bertz CT molecular complexity index is 728. The van der Waals surface area contributed by atoms with Crippen LogP contribution in [0.15, 0.2) is 12.1 Å². The molecule has 0 saturated carbocycles. The van der Waals surface area contributed by atoms with E-state index in [-0.39, 0.29) is 18.6 Å². The number of nitrogens with zero attached hydrogens (tertiary/aromatic N) is 4. The van der Waals surface area contributed by atoms with Crippen molar-refractivity contribution >= 4 is 5.91 Å². The van der Waals surface area contributed by atoms with Crippen molar-refractivity contribution in [3.05, 3.63) is 29.3 Å². The van der Waals surface area contributed by atoms with Crippen LogP contribution < -0.4 is 0 Å². The summed E-state index contributed by atoms with van der Waals surface area (Å²) in [6.45, 7) is 4.71. The van der Waals surface area contributed by atoms with Crippen LogP contribution in [0.3, 0.4) is 0 Å². The molecule has 128 valence electrons. The Balaban J connectivity index is 1.94. The second-order valence-corrected chi connectivity index (χ2v) is 6.22. The van der Waals surface area contributed by atoms with Crippen molar-refractivity contribution in [2.75, 3.05) is 20.3 Å². The first kappa shape index (κ1) is 16.6. The number of rotatable bonds is 4. The van der Waals surface area contributed by atoms with E-state index in [1.54, 1.807) is 0 Å². The third kappa shape index (κ3) is 3.46. The molecular formula is C17H23N5O2. The van der Waals surface area contributed by atoms with E-state index < -0.39 is 0 Å². The van der Waals surface area contributed by atoms with Gasteiger partial charge in [0.15, 0.2) is 5.82 Å². The van der Waals surface area contributed by atoms with Gasteiger partial charge in [0, 0.05) is 25.0 Å². The highest BCUT2D eigenvalue weighted by atomic mass is 16.5. The van der Waals surface area contributed by atoms with Gasteiger partial charge in [0.05, 0.1) is 11.7 Å². The van der Waals surface area contributed by atoms with Gasteiger partial charge in [-0.2, -0.15) is 5.10 Å². The van der Waals surface area contributed by atoms with Crippen molar-refractivity contribution in [3.63, 3.8) is 0 Å². The minimum Gasteiger partial charge on any atom is -0.375 e. The third-order valence-electron chi connectivity index (χ3n) is 4.23. The SMILES string of the molecule is COCC(=O)N1CCCCC1c1nc(C)cc(-c2cc(C)[nH]n2)n1. The molecule has 0 spiro atoms. The first-order chi connectivity index (χ1) is 11.6. The molecule has 0 radical (unpaired) electrons. The summed E-state index contributed by atoms with van der Waals surface area (Å²) in [6, 6.07) is 3.78. The maximum atomic E-state index is 12.4. The van der Waals surface area contributed by atoms with Crippen LogP contribution in [0, 0.1) is 13.8 Å². The van der Waals surface area contributed by atoms with E-state index in [0.29, 0.717) is 5.82 Å². The molecule has 0 aliphatic carbocycles. The summed E-state index contributed by atoms with van der Waals surface area (Å²) in [5.41, 5.74) is 3.44. The number of hydrogen-bond donors (Lipinski definition) is 1. The molecule has 1 atom stereocenters. The molecule has 3 rings (SSSR count). The summed E-state index contributed by atoms with van der Waals surface area (Å²) in [4.78, 5) is 23.5. The standard InChI is InChI=1S/C17H23N5O2/c1-11-8-13(14-9-12(2)20-21-14)19-17(18-11)15-6-4-5-7-22(15)16(23)10-24-3/h8-9,15H,4-7,10H2,1-3H3,(H,20,21). The highest BCUT2D eigenvalue weighted by Crippen LogP contribution is 2.30. The number of carbonyl (C=O) groups excluding carboxylic acids is 1. The minimum atomic E-state index is -0.0971. The number of amides is 1. The Morgan fingerprint density at radius 1 is 1.29 bits per heavy atom. The Kier molecular flexibility index (Phi) is 4.89. The Morgan fingerprint density at radius 2 is 2.12 bits per heavy atom. The number of ether oxygens (including phenoxy) is 1. The average Bonchev–Trinajstić information content (AvgIpc) is 3.01. The van der Waals surface area contributed by atoms with Gasteiger partial charge in [-0.15, -0.1) is 0 Å². The van der Waals surface area contributed by atoms with E-state index in [2.05, 4.69) is 15.2 Å². The predicted octanol–water partition coefficient (Wildman–Crippen LogP) is 2.18. The average molecular weight is 329 g/mol. The first-order valence-corrected chi connectivity index (χ1v) is 8.25. The molecule has 2 aromatic rings. The van der Waals surface area contributed by atoms with Gasteiger partial charge < -0.3 is 9.64 Å². The number of aryl methyl sites for hydroxylation is 2. The zero-order valence-corrected chi connectivity index (χ0v) is 14.4. The van der Waals surface area contributed by atoms with Crippen molar-refractivity contribution in [2.24, 2.45) is 0 Å². The summed E-state index contributed by atoms with van der Waals surface area (Å²) >= 11 is 0. The van der Waals surface area contributed by atoms with Gasteiger partial charge >= 0.3 is 0 Å². The molecule has 2 aromatic heterocycles. The first-order valence-electron chi connectivity index (χ1n) is 8.25. The molecule has 1 saturated heterocycles. The van der Waals surface area contributed by atoms with Crippen LogP contribution in [-0.2, 0) is 9.53 Å². The van der Waals surface area contributed by atoms with Crippen molar-refractivity contribution < 1.29 is 9.53 Å². The van der Waals surface area contributed by atoms with Gasteiger partial charge in [0.1, 0.15) is 12.3 Å². The normalized spacial score (nSPS) is 18.0. The van der Waals surface area contributed by atoms with Gasteiger partial charge in [-0.25, -0.2) is 9.97 Å². The number of aromatic nitrogens is 4. The van der Waals surface area contributed by atoms with Crippen molar-refractivity contribution in [1.82, 2.24) is 25.1 Å². The van der Waals surface area contributed by atoms with Crippen LogP contribution >= 0.6 is 0 Å².